The number of hydrogen-bond donors (Lipinski definition) is 0. The average molecular weight is 357 g/mol. The Morgan fingerprint density at radius 2 is 1.80 bits per heavy atom. The highest BCUT2D eigenvalue weighted by molar-refractivity contribution is 5.79. The SMILES string of the molecule is O=C(C1CCCC(C(F)(F)F)C1)N1CCCC1CC1CC2CCC1C2. The van der Waals surface area contributed by atoms with Crippen molar-refractivity contribution in [3.05, 3.63) is 0 Å². The fraction of sp³-hybridized carbons (Fsp3) is 0.950. The Bertz CT molecular complexity index is 506. The van der Waals surface area contributed by atoms with Crippen LogP contribution in [0.2, 0.25) is 0 Å². The summed E-state index contributed by atoms with van der Waals surface area (Å²) in [6.45, 7) is 0.761. The average Bonchev–Trinajstić information content (AvgIpc) is 3.30. The minimum Gasteiger partial charge on any atom is -0.339 e. The molecule has 3 saturated carbocycles. The molecule has 142 valence electrons. The Morgan fingerprint density at radius 1 is 0.960 bits per heavy atom. The Hall–Kier alpha value is -0.740. The van der Waals surface area contributed by atoms with Crippen LogP contribution in [-0.2, 0) is 4.79 Å². The molecule has 1 amide bonds. The second-order valence-corrected chi connectivity index (χ2v) is 9.10. The smallest absolute Gasteiger partial charge is 0.339 e. The monoisotopic (exact) mass is 357 g/mol. The molecule has 0 aromatic carbocycles. The van der Waals surface area contributed by atoms with Crippen LogP contribution in [0.15, 0.2) is 0 Å². The zero-order chi connectivity index (χ0) is 17.6. The van der Waals surface area contributed by atoms with Crippen molar-refractivity contribution in [2.45, 2.75) is 82.8 Å². The molecule has 4 fully saturated rings. The predicted molar refractivity (Wildman–Crippen MR) is 89.8 cm³/mol. The quantitative estimate of drug-likeness (QED) is 0.682. The molecule has 1 heterocycles. The minimum atomic E-state index is -4.15. The standard InChI is InChI=1S/C20H30F3NO/c21-20(22,23)17-4-1-3-15(11-17)19(25)24-8-2-5-18(24)12-16-10-13-6-7-14(16)9-13/h13-18H,1-12H2. The van der Waals surface area contributed by atoms with E-state index in [0.717, 1.165) is 43.6 Å². The van der Waals surface area contributed by atoms with E-state index in [9.17, 15) is 18.0 Å². The molecule has 2 nitrogen and oxygen atoms in total. The lowest BCUT2D eigenvalue weighted by molar-refractivity contribution is -0.187. The topological polar surface area (TPSA) is 20.3 Å². The molecule has 0 aromatic heterocycles. The Balaban J connectivity index is 1.37. The molecular formula is C20H30F3NO. The minimum absolute atomic E-state index is 0.0136. The van der Waals surface area contributed by atoms with Crippen molar-refractivity contribution in [1.82, 2.24) is 4.90 Å². The van der Waals surface area contributed by atoms with Crippen LogP contribution in [0.1, 0.15) is 70.6 Å². The Kier molecular flexibility index (Phi) is 4.78. The molecule has 4 rings (SSSR count). The van der Waals surface area contributed by atoms with Crippen molar-refractivity contribution in [2.75, 3.05) is 6.54 Å². The first kappa shape index (κ1) is 17.7. The number of alkyl halides is 3. The molecule has 6 atom stereocenters. The lowest BCUT2D eigenvalue weighted by Crippen LogP contribution is -2.43. The summed E-state index contributed by atoms with van der Waals surface area (Å²) in [7, 11) is 0. The fourth-order valence-corrected chi connectivity index (χ4v) is 6.33. The van der Waals surface area contributed by atoms with E-state index >= 15 is 0 Å². The summed E-state index contributed by atoms with van der Waals surface area (Å²) in [4.78, 5) is 15.0. The molecule has 4 aliphatic rings. The molecule has 0 spiro atoms. The Morgan fingerprint density at radius 3 is 2.48 bits per heavy atom. The first-order valence-electron chi connectivity index (χ1n) is 10.3. The molecule has 3 aliphatic carbocycles. The Labute approximate surface area is 148 Å². The van der Waals surface area contributed by atoms with Gasteiger partial charge in [-0.2, -0.15) is 13.2 Å². The molecule has 0 aromatic rings. The molecule has 1 saturated heterocycles. The van der Waals surface area contributed by atoms with E-state index in [1.807, 2.05) is 4.90 Å². The van der Waals surface area contributed by atoms with Crippen LogP contribution >= 0.6 is 0 Å². The van der Waals surface area contributed by atoms with Crippen LogP contribution in [0.3, 0.4) is 0 Å². The maximum Gasteiger partial charge on any atom is 0.391 e. The van der Waals surface area contributed by atoms with Crippen molar-refractivity contribution in [3.63, 3.8) is 0 Å². The van der Waals surface area contributed by atoms with Gasteiger partial charge in [-0.05, 0) is 75.5 Å². The lowest BCUT2D eigenvalue weighted by atomic mass is 9.80. The van der Waals surface area contributed by atoms with Crippen molar-refractivity contribution >= 4 is 5.91 Å². The molecule has 0 N–H and O–H groups in total. The van der Waals surface area contributed by atoms with E-state index in [1.54, 1.807) is 0 Å². The van der Waals surface area contributed by atoms with Crippen molar-refractivity contribution in [1.29, 1.82) is 0 Å². The summed E-state index contributed by atoms with van der Waals surface area (Å²) in [5.41, 5.74) is 0. The number of hydrogen-bond acceptors (Lipinski definition) is 1. The second-order valence-electron chi connectivity index (χ2n) is 9.10. The van der Waals surface area contributed by atoms with Gasteiger partial charge in [0.05, 0.1) is 5.92 Å². The third-order valence-corrected chi connectivity index (χ3v) is 7.61. The zero-order valence-electron chi connectivity index (χ0n) is 14.9. The van der Waals surface area contributed by atoms with Crippen LogP contribution in [-0.4, -0.2) is 29.6 Å². The van der Waals surface area contributed by atoms with E-state index in [4.69, 9.17) is 0 Å². The van der Waals surface area contributed by atoms with Crippen molar-refractivity contribution in [3.8, 4) is 0 Å². The van der Waals surface area contributed by atoms with E-state index in [2.05, 4.69) is 0 Å². The van der Waals surface area contributed by atoms with Gasteiger partial charge in [0, 0.05) is 18.5 Å². The summed E-state index contributed by atoms with van der Waals surface area (Å²) in [6, 6.07) is 0.295. The van der Waals surface area contributed by atoms with Gasteiger partial charge in [0.15, 0.2) is 0 Å². The van der Waals surface area contributed by atoms with Crippen molar-refractivity contribution < 1.29 is 18.0 Å². The number of carbonyl (C=O) groups excluding carboxylic acids is 1. The highest BCUT2D eigenvalue weighted by atomic mass is 19.4. The highest BCUT2D eigenvalue weighted by Crippen LogP contribution is 2.51. The molecule has 0 radical (unpaired) electrons. The molecule has 1 aliphatic heterocycles. The maximum absolute atomic E-state index is 13.1. The number of fused-ring (bicyclic) bond motifs is 2. The number of likely N-dealkylation sites (tertiary alicyclic amines) is 1. The molecule has 5 heteroatoms. The lowest BCUT2D eigenvalue weighted by Gasteiger charge is -2.35. The molecule has 6 unspecified atom stereocenters. The van der Waals surface area contributed by atoms with Gasteiger partial charge in [0.25, 0.3) is 0 Å². The van der Waals surface area contributed by atoms with E-state index in [0.29, 0.717) is 18.9 Å². The number of amides is 1. The summed E-state index contributed by atoms with van der Waals surface area (Å²) < 4.78 is 39.2. The fourth-order valence-electron chi connectivity index (χ4n) is 6.33. The van der Waals surface area contributed by atoms with Gasteiger partial charge in [-0.1, -0.05) is 12.8 Å². The van der Waals surface area contributed by atoms with E-state index in [1.165, 1.54) is 25.7 Å². The maximum atomic E-state index is 13.1. The summed E-state index contributed by atoms with van der Waals surface area (Å²) in [5.74, 6) is 0.868. The molecule has 25 heavy (non-hydrogen) atoms. The summed E-state index contributed by atoms with van der Waals surface area (Å²) in [6.07, 6.45) is 5.84. The van der Waals surface area contributed by atoms with E-state index in [-0.39, 0.29) is 18.7 Å². The van der Waals surface area contributed by atoms with Gasteiger partial charge in [-0.3, -0.25) is 4.79 Å². The van der Waals surface area contributed by atoms with Crippen LogP contribution < -0.4 is 0 Å². The normalized spacial score (nSPS) is 41.5. The largest absolute Gasteiger partial charge is 0.391 e. The van der Waals surface area contributed by atoms with Gasteiger partial charge < -0.3 is 4.90 Å². The highest BCUT2D eigenvalue weighted by Gasteiger charge is 2.46. The first-order valence-corrected chi connectivity index (χ1v) is 10.3. The first-order chi connectivity index (χ1) is 11.9. The summed E-state index contributed by atoms with van der Waals surface area (Å²) in [5, 5.41) is 0. The number of carbonyl (C=O) groups is 1. The van der Waals surface area contributed by atoms with Gasteiger partial charge in [-0.25, -0.2) is 0 Å². The predicted octanol–water partition coefficient (Wildman–Crippen LogP) is 5.17. The van der Waals surface area contributed by atoms with Crippen LogP contribution in [0.4, 0.5) is 13.2 Å². The van der Waals surface area contributed by atoms with Gasteiger partial charge >= 0.3 is 6.18 Å². The van der Waals surface area contributed by atoms with E-state index < -0.39 is 18.0 Å². The summed E-state index contributed by atoms with van der Waals surface area (Å²) >= 11 is 0. The van der Waals surface area contributed by atoms with Crippen molar-refractivity contribution in [2.24, 2.45) is 29.6 Å². The third-order valence-electron chi connectivity index (χ3n) is 7.61. The number of nitrogens with zero attached hydrogens (tertiary/aromatic N) is 1. The van der Waals surface area contributed by atoms with Gasteiger partial charge in [0.1, 0.15) is 0 Å². The van der Waals surface area contributed by atoms with Crippen LogP contribution in [0.25, 0.3) is 0 Å². The van der Waals surface area contributed by atoms with Crippen LogP contribution in [0.5, 0.6) is 0 Å². The van der Waals surface area contributed by atoms with Gasteiger partial charge in [-0.15, -0.1) is 0 Å². The molecular weight excluding hydrogens is 327 g/mol. The molecule has 2 bridgehead atoms. The zero-order valence-corrected chi connectivity index (χ0v) is 14.9. The number of rotatable bonds is 3. The second kappa shape index (κ2) is 6.77. The number of halogens is 3. The van der Waals surface area contributed by atoms with Crippen LogP contribution in [0, 0.1) is 29.6 Å². The van der Waals surface area contributed by atoms with Gasteiger partial charge in [0.2, 0.25) is 5.91 Å². The third kappa shape index (κ3) is 3.57.